The number of benzene rings is 4. The number of thiocarbonyl (C=S) groups is 1. The molecule has 4 aromatic carbocycles. The van der Waals surface area contributed by atoms with Gasteiger partial charge in [-0.1, -0.05) is 42.5 Å². The quantitative estimate of drug-likeness (QED) is 0.154. The van der Waals surface area contributed by atoms with Crippen LogP contribution in [-0.2, 0) is 0 Å². The van der Waals surface area contributed by atoms with Crippen molar-refractivity contribution in [3.05, 3.63) is 118 Å². The van der Waals surface area contributed by atoms with Crippen LogP contribution in [0.5, 0.6) is 0 Å². The molecule has 35 heavy (non-hydrogen) atoms. The highest BCUT2D eigenvalue weighted by Crippen LogP contribution is 2.21. The van der Waals surface area contributed by atoms with Crippen molar-refractivity contribution in [3.63, 3.8) is 0 Å². The molecule has 0 bridgehead atoms. The van der Waals surface area contributed by atoms with Crippen molar-refractivity contribution in [2.75, 3.05) is 16.0 Å². The largest absolute Gasteiger partial charge is 0.356 e. The number of hydrogen-bond donors (Lipinski definition) is 4. The number of rotatable bonds is 6. The van der Waals surface area contributed by atoms with Crippen molar-refractivity contribution in [2.45, 2.75) is 0 Å². The standard InChI is InChI=1S/C27H21IN4O2S/c28-23-12-6-4-10-21(23)25(33)32-27(35)31-24-13-7-5-11-22(24)26(34)30-20-16-14-19(15-17-20)29-18-8-2-1-3-9-18/h1-17,29H,(H,30,34)(H2,31,32,33,35). The summed E-state index contributed by atoms with van der Waals surface area (Å²) < 4.78 is 0.815. The number of halogens is 1. The number of carbonyl (C=O) groups excluding carboxylic acids is 2. The Bertz CT molecular complexity index is 1360. The van der Waals surface area contributed by atoms with Crippen molar-refractivity contribution in [1.82, 2.24) is 5.32 Å². The Morgan fingerprint density at radius 1 is 0.600 bits per heavy atom. The molecule has 0 atom stereocenters. The van der Waals surface area contributed by atoms with E-state index in [2.05, 4.69) is 43.9 Å². The zero-order valence-electron chi connectivity index (χ0n) is 18.4. The van der Waals surface area contributed by atoms with Gasteiger partial charge in [0.05, 0.1) is 16.8 Å². The van der Waals surface area contributed by atoms with E-state index in [1.807, 2.05) is 66.7 Å². The van der Waals surface area contributed by atoms with E-state index in [-0.39, 0.29) is 16.9 Å². The highest BCUT2D eigenvalue weighted by atomic mass is 127. The number of para-hydroxylation sites is 2. The Morgan fingerprint density at radius 3 is 1.89 bits per heavy atom. The van der Waals surface area contributed by atoms with Gasteiger partial charge in [0, 0.05) is 20.6 Å². The predicted molar refractivity (Wildman–Crippen MR) is 153 cm³/mol. The van der Waals surface area contributed by atoms with Gasteiger partial charge in [-0.25, -0.2) is 0 Å². The second-order valence-electron chi connectivity index (χ2n) is 7.46. The van der Waals surface area contributed by atoms with Crippen LogP contribution in [0.25, 0.3) is 0 Å². The topological polar surface area (TPSA) is 82.3 Å². The maximum Gasteiger partial charge on any atom is 0.258 e. The van der Waals surface area contributed by atoms with Gasteiger partial charge in [0.1, 0.15) is 0 Å². The van der Waals surface area contributed by atoms with Crippen LogP contribution in [0.1, 0.15) is 20.7 Å². The van der Waals surface area contributed by atoms with Crippen molar-refractivity contribution in [2.24, 2.45) is 0 Å². The molecule has 6 nitrogen and oxygen atoms in total. The summed E-state index contributed by atoms with van der Waals surface area (Å²) >= 11 is 7.41. The lowest BCUT2D eigenvalue weighted by molar-refractivity contribution is 0.0975. The van der Waals surface area contributed by atoms with E-state index in [1.54, 1.807) is 36.4 Å². The first-order valence-electron chi connectivity index (χ1n) is 10.7. The third-order valence-corrected chi connectivity index (χ3v) is 6.12. The lowest BCUT2D eigenvalue weighted by Crippen LogP contribution is -2.35. The molecule has 174 valence electrons. The Balaban J connectivity index is 1.40. The third kappa shape index (κ3) is 6.65. The highest BCUT2D eigenvalue weighted by molar-refractivity contribution is 14.1. The summed E-state index contributed by atoms with van der Waals surface area (Å²) in [5.41, 5.74) is 3.94. The monoisotopic (exact) mass is 592 g/mol. The number of amides is 2. The van der Waals surface area contributed by atoms with Crippen molar-refractivity contribution in [1.29, 1.82) is 0 Å². The van der Waals surface area contributed by atoms with E-state index < -0.39 is 0 Å². The molecule has 0 saturated heterocycles. The molecule has 0 fully saturated rings. The van der Waals surface area contributed by atoms with Gasteiger partial charge in [-0.15, -0.1) is 0 Å². The Morgan fingerprint density at radius 2 is 1.17 bits per heavy atom. The normalized spacial score (nSPS) is 10.2. The molecule has 8 heteroatoms. The number of carbonyl (C=O) groups is 2. The summed E-state index contributed by atoms with van der Waals surface area (Å²) in [5, 5.41) is 11.9. The summed E-state index contributed by atoms with van der Waals surface area (Å²) in [6.45, 7) is 0. The molecule has 0 unspecified atom stereocenters. The van der Waals surface area contributed by atoms with Gasteiger partial charge in [-0.2, -0.15) is 0 Å². The van der Waals surface area contributed by atoms with Gasteiger partial charge in [0.2, 0.25) is 0 Å². The summed E-state index contributed by atoms with van der Waals surface area (Å²) in [7, 11) is 0. The molecule has 0 radical (unpaired) electrons. The molecule has 0 aliphatic carbocycles. The fourth-order valence-electron chi connectivity index (χ4n) is 3.28. The average molecular weight is 592 g/mol. The molecule has 4 rings (SSSR count). The van der Waals surface area contributed by atoms with Gasteiger partial charge in [-0.3, -0.25) is 14.9 Å². The minimum absolute atomic E-state index is 0.103. The average Bonchev–Trinajstić information content (AvgIpc) is 2.86. The van der Waals surface area contributed by atoms with E-state index in [0.29, 0.717) is 22.5 Å². The van der Waals surface area contributed by atoms with E-state index >= 15 is 0 Å². The lowest BCUT2D eigenvalue weighted by Gasteiger charge is -2.14. The zero-order valence-corrected chi connectivity index (χ0v) is 21.4. The van der Waals surface area contributed by atoms with Crippen LogP contribution in [-0.4, -0.2) is 16.9 Å². The van der Waals surface area contributed by atoms with E-state index in [1.165, 1.54) is 0 Å². The van der Waals surface area contributed by atoms with Crippen LogP contribution < -0.4 is 21.3 Å². The molecule has 0 heterocycles. The smallest absolute Gasteiger partial charge is 0.258 e. The minimum atomic E-state index is -0.321. The molecule has 0 aliphatic heterocycles. The number of anilines is 4. The van der Waals surface area contributed by atoms with E-state index in [0.717, 1.165) is 14.9 Å². The molecule has 0 spiro atoms. The van der Waals surface area contributed by atoms with Crippen LogP contribution in [0.2, 0.25) is 0 Å². The van der Waals surface area contributed by atoms with Crippen LogP contribution in [0.3, 0.4) is 0 Å². The van der Waals surface area contributed by atoms with Gasteiger partial charge in [0.25, 0.3) is 11.8 Å². The van der Waals surface area contributed by atoms with Crippen LogP contribution in [0.15, 0.2) is 103 Å². The molecule has 0 saturated carbocycles. The van der Waals surface area contributed by atoms with Crippen molar-refractivity contribution in [3.8, 4) is 0 Å². The molecule has 0 aliphatic rings. The van der Waals surface area contributed by atoms with Crippen LogP contribution >= 0.6 is 34.8 Å². The van der Waals surface area contributed by atoms with Gasteiger partial charge in [-0.05, 0) is 95.5 Å². The lowest BCUT2D eigenvalue weighted by atomic mass is 10.1. The van der Waals surface area contributed by atoms with Crippen molar-refractivity contribution >= 4 is 74.5 Å². The maximum absolute atomic E-state index is 13.0. The molecular weight excluding hydrogens is 571 g/mol. The van der Waals surface area contributed by atoms with Gasteiger partial charge in [0.15, 0.2) is 5.11 Å². The van der Waals surface area contributed by atoms with Crippen molar-refractivity contribution < 1.29 is 9.59 Å². The van der Waals surface area contributed by atoms with E-state index in [9.17, 15) is 9.59 Å². The predicted octanol–water partition coefficient (Wildman–Crippen LogP) is 6.41. The van der Waals surface area contributed by atoms with Gasteiger partial charge >= 0.3 is 0 Å². The Hall–Kier alpha value is -3.76. The molecule has 0 aromatic heterocycles. The van der Waals surface area contributed by atoms with Crippen LogP contribution in [0, 0.1) is 3.57 Å². The molecular formula is C27H21IN4O2S. The minimum Gasteiger partial charge on any atom is -0.356 e. The first-order valence-corrected chi connectivity index (χ1v) is 12.2. The van der Waals surface area contributed by atoms with Gasteiger partial charge < -0.3 is 16.0 Å². The first kappa shape index (κ1) is 24.4. The Kier molecular flexibility index (Phi) is 8.07. The second kappa shape index (κ2) is 11.6. The van der Waals surface area contributed by atoms with Crippen LogP contribution in [0.4, 0.5) is 22.7 Å². The summed E-state index contributed by atoms with van der Waals surface area (Å²) in [4.78, 5) is 25.5. The summed E-state index contributed by atoms with van der Waals surface area (Å²) in [6, 6.07) is 31.5. The molecule has 2 amide bonds. The van der Waals surface area contributed by atoms with E-state index in [4.69, 9.17) is 12.2 Å². The third-order valence-electron chi connectivity index (χ3n) is 4.97. The fraction of sp³-hybridized carbons (Fsp3) is 0. The molecule has 4 N–H and O–H groups in total. The second-order valence-corrected chi connectivity index (χ2v) is 9.03. The number of hydrogen-bond acceptors (Lipinski definition) is 4. The zero-order chi connectivity index (χ0) is 24.6. The number of nitrogens with one attached hydrogen (secondary N) is 4. The summed E-state index contributed by atoms with van der Waals surface area (Å²) in [5.74, 6) is -0.623. The molecule has 4 aromatic rings. The Labute approximate surface area is 222 Å². The SMILES string of the molecule is O=C(NC(=S)Nc1ccccc1C(=O)Nc1ccc(Nc2ccccc2)cc1)c1ccccc1I. The highest BCUT2D eigenvalue weighted by Gasteiger charge is 2.15. The maximum atomic E-state index is 13.0. The summed E-state index contributed by atoms with van der Waals surface area (Å²) in [6.07, 6.45) is 0. The first-order chi connectivity index (χ1) is 17.0. The fourth-order valence-corrected chi connectivity index (χ4v) is 4.12.